The van der Waals surface area contributed by atoms with Crippen molar-refractivity contribution in [3.05, 3.63) is 36.2 Å². The Bertz CT molecular complexity index is 796. The van der Waals surface area contributed by atoms with Crippen LogP contribution in [0.4, 0.5) is 0 Å². The molecular formula is C23H32N4O3. The number of aromatic nitrogens is 2. The molecule has 30 heavy (non-hydrogen) atoms. The minimum Gasteiger partial charge on any atom is -0.421 e. The molecule has 0 spiro atoms. The van der Waals surface area contributed by atoms with E-state index in [2.05, 4.69) is 20.4 Å². The second-order valence-corrected chi connectivity index (χ2v) is 8.38. The van der Waals surface area contributed by atoms with Gasteiger partial charge < -0.3 is 14.5 Å². The molecule has 1 aliphatic heterocycles. The summed E-state index contributed by atoms with van der Waals surface area (Å²) in [6, 6.07) is 9.73. The molecule has 2 aliphatic rings. The Balaban J connectivity index is 1.24. The van der Waals surface area contributed by atoms with E-state index in [1.807, 2.05) is 30.3 Å². The summed E-state index contributed by atoms with van der Waals surface area (Å²) < 4.78 is 11.3. The summed E-state index contributed by atoms with van der Waals surface area (Å²) in [5.41, 5.74) is 1.02. The summed E-state index contributed by atoms with van der Waals surface area (Å²) in [6.07, 6.45) is 7.91. The van der Waals surface area contributed by atoms with Crippen LogP contribution in [0.15, 0.2) is 34.7 Å². The molecule has 4 rings (SSSR count). The number of carbonyl (C=O) groups is 1. The highest BCUT2D eigenvalue weighted by Crippen LogP contribution is 2.33. The van der Waals surface area contributed by atoms with Gasteiger partial charge in [-0.05, 0) is 31.4 Å². The van der Waals surface area contributed by atoms with Crippen LogP contribution < -0.4 is 5.32 Å². The maximum Gasteiger partial charge on any atom is 0.247 e. The van der Waals surface area contributed by atoms with E-state index >= 15 is 0 Å². The van der Waals surface area contributed by atoms with E-state index in [0.29, 0.717) is 31.0 Å². The number of hydrogen-bond acceptors (Lipinski definition) is 6. The highest BCUT2D eigenvalue weighted by atomic mass is 16.5. The summed E-state index contributed by atoms with van der Waals surface area (Å²) in [7, 11) is 0. The van der Waals surface area contributed by atoms with Gasteiger partial charge in [-0.25, -0.2) is 0 Å². The van der Waals surface area contributed by atoms with Crippen molar-refractivity contribution in [1.29, 1.82) is 0 Å². The van der Waals surface area contributed by atoms with Crippen LogP contribution in [-0.4, -0.2) is 59.4 Å². The maximum atomic E-state index is 12.5. The normalized spacial score (nSPS) is 19.5. The van der Waals surface area contributed by atoms with Crippen LogP contribution in [0, 0.1) is 0 Å². The highest BCUT2D eigenvalue weighted by molar-refractivity contribution is 5.75. The molecule has 1 aromatic heterocycles. The predicted molar refractivity (Wildman–Crippen MR) is 114 cm³/mol. The predicted octanol–water partition coefficient (Wildman–Crippen LogP) is 3.21. The second kappa shape index (κ2) is 10.2. The second-order valence-electron chi connectivity index (χ2n) is 8.38. The van der Waals surface area contributed by atoms with Gasteiger partial charge in [-0.1, -0.05) is 37.5 Å². The number of rotatable bonds is 8. The van der Waals surface area contributed by atoms with E-state index in [9.17, 15) is 4.79 Å². The Kier molecular flexibility index (Phi) is 7.12. The van der Waals surface area contributed by atoms with Crippen LogP contribution in [0.25, 0.3) is 11.5 Å². The molecule has 0 unspecified atom stereocenters. The van der Waals surface area contributed by atoms with Gasteiger partial charge in [-0.2, -0.15) is 0 Å². The fourth-order valence-electron chi connectivity index (χ4n) is 4.66. The SMILES string of the molecule is O=C(CCCc1nnc(-c2ccccc2)o1)NCC1(N2CCOCC2)CCCCC1. The number of amides is 1. The van der Waals surface area contributed by atoms with E-state index < -0.39 is 0 Å². The molecule has 1 aliphatic carbocycles. The first-order chi connectivity index (χ1) is 14.8. The van der Waals surface area contributed by atoms with Gasteiger partial charge in [0.05, 0.1) is 13.2 Å². The molecule has 162 valence electrons. The average molecular weight is 413 g/mol. The van der Waals surface area contributed by atoms with Crippen LogP contribution >= 0.6 is 0 Å². The summed E-state index contributed by atoms with van der Waals surface area (Å²) >= 11 is 0. The average Bonchev–Trinajstić information content (AvgIpc) is 3.28. The minimum atomic E-state index is 0.106. The van der Waals surface area contributed by atoms with Crippen LogP contribution in [0.1, 0.15) is 50.8 Å². The number of benzene rings is 1. The molecule has 2 aromatic rings. The lowest BCUT2D eigenvalue weighted by Crippen LogP contribution is -2.59. The number of hydrogen-bond donors (Lipinski definition) is 1. The number of morpholine rings is 1. The zero-order valence-corrected chi connectivity index (χ0v) is 17.6. The monoisotopic (exact) mass is 412 g/mol. The third-order valence-electron chi connectivity index (χ3n) is 6.36. The number of nitrogens with zero attached hydrogens (tertiary/aromatic N) is 3. The minimum absolute atomic E-state index is 0.106. The molecule has 1 amide bonds. The molecule has 2 fully saturated rings. The van der Waals surface area contributed by atoms with Crippen molar-refractivity contribution in [3.8, 4) is 11.5 Å². The molecule has 1 saturated heterocycles. The van der Waals surface area contributed by atoms with E-state index in [1.165, 1.54) is 19.3 Å². The van der Waals surface area contributed by atoms with E-state index in [-0.39, 0.29) is 11.4 Å². The molecule has 7 nitrogen and oxygen atoms in total. The Hall–Kier alpha value is -2.25. The number of aryl methyl sites for hydroxylation is 1. The Morgan fingerprint density at radius 3 is 2.60 bits per heavy atom. The van der Waals surface area contributed by atoms with Crippen LogP contribution in [0.2, 0.25) is 0 Å². The lowest BCUT2D eigenvalue weighted by molar-refractivity contribution is -0.122. The standard InChI is InChI=1S/C23H32N4O3/c28-20(10-7-11-21-25-26-22(30-21)19-8-3-1-4-9-19)24-18-23(12-5-2-6-13-23)27-14-16-29-17-15-27/h1,3-4,8-9H,2,5-7,10-18H2,(H,24,28). The highest BCUT2D eigenvalue weighted by Gasteiger charge is 2.38. The van der Waals surface area contributed by atoms with Crippen LogP contribution in [0.3, 0.4) is 0 Å². The van der Waals surface area contributed by atoms with Crippen molar-refractivity contribution in [2.24, 2.45) is 0 Å². The van der Waals surface area contributed by atoms with Gasteiger partial charge in [-0.3, -0.25) is 9.69 Å². The smallest absolute Gasteiger partial charge is 0.247 e. The maximum absolute atomic E-state index is 12.5. The quantitative estimate of drug-likeness (QED) is 0.717. The third kappa shape index (κ3) is 5.26. The zero-order chi connectivity index (χ0) is 20.7. The largest absolute Gasteiger partial charge is 0.421 e. The van der Waals surface area contributed by atoms with E-state index in [4.69, 9.17) is 9.15 Å². The van der Waals surface area contributed by atoms with Gasteiger partial charge in [0.15, 0.2) is 0 Å². The van der Waals surface area contributed by atoms with Crippen LogP contribution in [0.5, 0.6) is 0 Å². The Morgan fingerprint density at radius 1 is 1.07 bits per heavy atom. The Morgan fingerprint density at radius 2 is 1.83 bits per heavy atom. The van der Waals surface area contributed by atoms with E-state index in [1.54, 1.807) is 0 Å². The first-order valence-electron chi connectivity index (χ1n) is 11.2. The lowest BCUT2D eigenvalue weighted by atomic mass is 9.79. The van der Waals surface area contributed by atoms with Crippen molar-refractivity contribution in [1.82, 2.24) is 20.4 Å². The molecule has 1 aromatic carbocycles. The van der Waals surface area contributed by atoms with Gasteiger partial charge in [0.1, 0.15) is 0 Å². The van der Waals surface area contributed by atoms with Gasteiger partial charge in [0.25, 0.3) is 0 Å². The summed E-state index contributed by atoms with van der Waals surface area (Å²) in [5, 5.41) is 11.4. The van der Waals surface area contributed by atoms with Crippen LogP contribution in [-0.2, 0) is 16.0 Å². The number of ether oxygens (including phenoxy) is 1. The van der Waals surface area contributed by atoms with Crippen molar-refractivity contribution in [2.75, 3.05) is 32.8 Å². The van der Waals surface area contributed by atoms with Crippen molar-refractivity contribution in [3.63, 3.8) is 0 Å². The summed E-state index contributed by atoms with van der Waals surface area (Å²) in [6.45, 7) is 4.27. The topological polar surface area (TPSA) is 80.5 Å². The molecule has 0 bridgehead atoms. The van der Waals surface area contributed by atoms with Crippen molar-refractivity contribution >= 4 is 5.91 Å². The first kappa shape index (κ1) is 21.0. The van der Waals surface area contributed by atoms with Gasteiger partial charge in [-0.15, -0.1) is 10.2 Å². The molecule has 7 heteroatoms. The number of carbonyl (C=O) groups excluding carboxylic acids is 1. The van der Waals surface area contributed by atoms with Gasteiger partial charge >= 0.3 is 0 Å². The third-order valence-corrected chi connectivity index (χ3v) is 6.36. The molecular weight excluding hydrogens is 380 g/mol. The summed E-state index contributed by atoms with van der Waals surface area (Å²) in [5.74, 6) is 1.22. The van der Waals surface area contributed by atoms with Crippen molar-refractivity contribution < 1.29 is 13.9 Å². The number of nitrogens with one attached hydrogen (secondary N) is 1. The Labute approximate surface area is 178 Å². The van der Waals surface area contributed by atoms with Gasteiger partial charge in [0, 0.05) is 43.6 Å². The van der Waals surface area contributed by atoms with Gasteiger partial charge in [0.2, 0.25) is 17.7 Å². The fourth-order valence-corrected chi connectivity index (χ4v) is 4.66. The first-order valence-corrected chi connectivity index (χ1v) is 11.2. The lowest BCUT2D eigenvalue weighted by Gasteiger charge is -2.48. The molecule has 0 atom stereocenters. The van der Waals surface area contributed by atoms with E-state index in [0.717, 1.165) is 51.3 Å². The molecule has 2 heterocycles. The molecule has 1 N–H and O–H groups in total. The summed E-state index contributed by atoms with van der Waals surface area (Å²) in [4.78, 5) is 15.1. The molecule has 1 saturated carbocycles. The molecule has 0 radical (unpaired) electrons. The van der Waals surface area contributed by atoms with Crippen molar-refractivity contribution in [2.45, 2.75) is 56.9 Å². The zero-order valence-electron chi connectivity index (χ0n) is 17.6. The fraction of sp³-hybridized carbons (Fsp3) is 0.609.